The molecule has 0 unspecified atom stereocenters. The van der Waals surface area contributed by atoms with Gasteiger partial charge in [-0.05, 0) is 31.0 Å². The van der Waals surface area contributed by atoms with E-state index in [1.165, 1.54) is 16.8 Å². The van der Waals surface area contributed by atoms with Gasteiger partial charge < -0.3 is 9.47 Å². The molecule has 0 aliphatic carbocycles. The first kappa shape index (κ1) is 16.3. The minimum Gasteiger partial charge on any atom is -0.335 e. The number of amides is 1. The summed E-state index contributed by atoms with van der Waals surface area (Å²) >= 11 is 0. The maximum atomic E-state index is 12.9. The van der Waals surface area contributed by atoms with Crippen LogP contribution < -0.4 is 5.56 Å². The smallest absolute Gasteiger partial charge is 0.274 e. The lowest BCUT2D eigenvalue weighted by Crippen LogP contribution is -2.41. The van der Waals surface area contributed by atoms with E-state index in [4.69, 9.17) is 0 Å². The molecule has 7 heteroatoms. The fraction of sp³-hybridized carbons (Fsp3) is 0.263. The molecule has 1 atom stereocenters. The number of carbonyl (C=O) groups is 1. The zero-order valence-corrected chi connectivity index (χ0v) is 14.2. The van der Waals surface area contributed by atoms with Crippen molar-refractivity contribution < 1.29 is 4.79 Å². The van der Waals surface area contributed by atoms with Crippen LogP contribution in [0.25, 0.3) is 5.69 Å². The highest BCUT2D eigenvalue weighted by Gasteiger charge is 2.26. The highest BCUT2D eigenvalue weighted by Crippen LogP contribution is 2.22. The molecule has 0 N–H and O–H groups in total. The number of imidazole rings is 1. The molecular weight excluding hydrogens is 330 g/mol. The number of hydrogen-bond acceptors (Lipinski definition) is 4. The van der Waals surface area contributed by atoms with Gasteiger partial charge in [-0.2, -0.15) is 9.78 Å². The normalized spacial score (nSPS) is 17.2. The molecule has 1 aliphatic heterocycles. The molecule has 0 bridgehead atoms. The molecule has 1 aliphatic rings. The van der Waals surface area contributed by atoms with Crippen LogP contribution >= 0.6 is 0 Å². The fourth-order valence-electron chi connectivity index (χ4n) is 3.31. The summed E-state index contributed by atoms with van der Waals surface area (Å²) in [6.45, 7) is 1.30. The Labute approximate surface area is 150 Å². The van der Waals surface area contributed by atoms with Crippen molar-refractivity contribution in [2.45, 2.75) is 18.9 Å². The number of nitrogens with zero attached hydrogens (tertiary/aromatic N) is 5. The van der Waals surface area contributed by atoms with Gasteiger partial charge in [-0.25, -0.2) is 4.98 Å². The summed E-state index contributed by atoms with van der Waals surface area (Å²) in [7, 11) is 0. The first-order chi connectivity index (χ1) is 12.7. The van der Waals surface area contributed by atoms with E-state index in [0.29, 0.717) is 18.8 Å². The number of para-hydroxylation sites is 1. The summed E-state index contributed by atoms with van der Waals surface area (Å²) in [5, 5.41) is 4.30. The summed E-state index contributed by atoms with van der Waals surface area (Å²) in [6.07, 6.45) is 7.39. The van der Waals surface area contributed by atoms with Crippen molar-refractivity contribution in [1.82, 2.24) is 24.2 Å². The van der Waals surface area contributed by atoms with Gasteiger partial charge in [0.05, 0.1) is 18.1 Å². The Morgan fingerprint density at radius 1 is 1.12 bits per heavy atom. The summed E-state index contributed by atoms with van der Waals surface area (Å²) in [5.41, 5.74) is 0.657. The average molecular weight is 349 g/mol. The van der Waals surface area contributed by atoms with Crippen LogP contribution in [0.15, 0.2) is 66.0 Å². The number of benzene rings is 1. The maximum Gasteiger partial charge on any atom is 0.274 e. The molecule has 132 valence electrons. The van der Waals surface area contributed by atoms with Crippen LogP contribution in [0.4, 0.5) is 0 Å². The lowest BCUT2D eigenvalue weighted by molar-refractivity contribution is 0.0671. The van der Waals surface area contributed by atoms with Crippen molar-refractivity contribution in [3.05, 3.63) is 77.2 Å². The van der Waals surface area contributed by atoms with E-state index in [1.54, 1.807) is 29.6 Å². The van der Waals surface area contributed by atoms with Crippen LogP contribution in [0.3, 0.4) is 0 Å². The number of rotatable bonds is 3. The van der Waals surface area contributed by atoms with Gasteiger partial charge in [0.15, 0.2) is 0 Å². The van der Waals surface area contributed by atoms with E-state index in [-0.39, 0.29) is 23.2 Å². The second-order valence-corrected chi connectivity index (χ2v) is 6.36. The first-order valence-corrected chi connectivity index (χ1v) is 8.65. The Kier molecular flexibility index (Phi) is 4.35. The third-order valence-electron chi connectivity index (χ3n) is 4.65. The maximum absolute atomic E-state index is 12.9. The average Bonchev–Trinajstić information content (AvgIpc) is 3.23. The van der Waals surface area contributed by atoms with Crippen molar-refractivity contribution in [3.63, 3.8) is 0 Å². The van der Waals surface area contributed by atoms with Crippen LogP contribution in [-0.4, -0.2) is 43.2 Å². The van der Waals surface area contributed by atoms with Crippen LogP contribution in [0, 0.1) is 0 Å². The van der Waals surface area contributed by atoms with Gasteiger partial charge in [-0.1, -0.05) is 18.2 Å². The largest absolute Gasteiger partial charge is 0.335 e. The van der Waals surface area contributed by atoms with E-state index in [1.807, 2.05) is 29.0 Å². The highest BCUT2D eigenvalue weighted by atomic mass is 16.2. The lowest BCUT2D eigenvalue weighted by atomic mass is 10.1. The van der Waals surface area contributed by atoms with Crippen molar-refractivity contribution in [1.29, 1.82) is 0 Å². The SMILES string of the molecule is O=C(c1ccc(=O)n(-c2ccccc2)n1)N1CCC[C@@H](n2ccnc2)C1. The molecule has 1 saturated heterocycles. The number of aromatic nitrogens is 4. The summed E-state index contributed by atoms with van der Waals surface area (Å²) in [6, 6.07) is 12.2. The van der Waals surface area contributed by atoms with Crippen LogP contribution in [0.2, 0.25) is 0 Å². The monoisotopic (exact) mass is 349 g/mol. The number of hydrogen-bond donors (Lipinski definition) is 0. The van der Waals surface area contributed by atoms with Crippen molar-refractivity contribution in [2.75, 3.05) is 13.1 Å². The van der Waals surface area contributed by atoms with E-state index < -0.39 is 0 Å². The Bertz CT molecular complexity index is 950. The van der Waals surface area contributed by atoms with Gasteiger partial charge in [0.25, 0.3) is 11.5 Å². The lowest BCUT2D eigenvalue weighted by Gasteiger charge is -2.33. The van der Waals surface area contributed by atoms with E-state index in [0.717, 1.165) is 12.8 Å². The Morgan fingerprint density at radius 2 is 1.96 bits per heavy atom. The molecule has 1 aromatic carbocycles. The first-order valence-electron chi connectivity index (χ1n) is 8.65. The zero-order valence-electron chi connectivity index (χ0n) is 14.2. The standard InChI is InChI=1S/C19H19N5O2/c25-18-9-8-17(21-24(18)15-5-2-1-3-6-15)19(26)22-11-4-7-16(13-22)23-12-10-20-14-23/h1-3,5-6,8-10,12,14,16H,4,7,11,13H2/t16-/m1/s1. The topological polar surface area (TPSA) is 73.0 Å². The minimum atomic E-state index is -0.261. The Balaban J connectivity index is 1.59. The van der Waals surface area contributed by atoms with Crippen molar-refractivity contribution in [2.24, 2.45) is 0 Å². The third kappa shape index (κ3) is 3.15. The predicted octanol–water partition coefficient (Wildman–Crippen LogP) is 1.91. The van der Waals surface area contributed by atoms with E-state index in [9.17, 15) is 9.59 Å². The minimum absolute atomic E-state index is 0.153. The predicted molar refractivity (Wildman–Crippen MR) is 96.2 cm³/mol. The Morgan fingerprint density at radius 3 is 2.73 bits per heavy atom. The van der Waals surface area contributed by atoms with Crippen molar-refractivity contribution in [3.8, 4) is 5.69 Å². The summed E-state index contributed by atoms with van der Waals surface area (Å²) in [5.74, 6) is -0.153. The van der Waals surface area contributed by atoms with Gasteiger partial charge >= 0.3 is 0 Å². The fourth-order valence-corrected chi connectivity index (χ4v) is 3.31. The number of piperidine rings is 1. The molecule has 4 rings (SSSR count). The number of likely N-dealkylation sites (tertiary alicyclic amines) is 1. The molecule has 1 amide bonds. The van der Waals surface area contributed by atoms with Crippen molar-refractivity contribution >= 4 is 5.91 Å². The Hall–Kier alpha value is -3.22. The van der Waals surface area contributed by atoms with E-state index >= 15 is 0 Å². The molecule has 7 nitrogen and oxygen atoms in total. The van der Waals surface area contributed by atoms with Gasteiger partial charge in [-0.15, -0.1) is 0 Å². The van der Waals surface area contributed by atoms with Crippen LogP contribution in [0.5, 0.6) is 0 Å². The molecule has 2 aromatic heterocycles. The number of carbonyl (C=O) groups excluding carboxylic acids is 1. The van der Waals surface area contributed by atoms with Gasteiger partial charge in [0, 0.05) is 31.5 Å². The second-order valence-electron chi connectivity index (χ2n) is 6.36. The van der Waals surface area contributed by atoms with Gasteiger partial charge in [0.2, 0.25) is 0 Å². The van der Waals surface area contributed by atoms with Gasteiger partial charge in [0.1, 0.15) is 5.69 Å². The highest BCUT2D eigenvalue weighted by molar-refractivity contribution is 5.92. The molecule has 0 saturated carbocycles. The van der Waals surface area contributed by atoms with Crippen LogP contribution in [-0.2, 0) is 0 Å². The molecular formula is C19H19N5O2. The molecule has 1 fully saturated rings. The molecule has 0 radical (unpaired) electrons. The summed E-state index contributed by atoms with van der Waals surface area (Å²) < 4.78 is 3.31. The molecule has 3 heterocycles. The van der Waals surface area contributed by atoms with E-state index in [2.05, 4.69) is 10.1 Å². The van der Waals surface area contributed by atoms with Gasteiger partial charge in [-0.3, -0.25) is 9.59 Å². The third-order valence-corrected chi connectivity index (χ3v) is 4.65. The second kappa shape index (κ2) is 6.95. The zero-order chi connectivity index (χ0) is 17.9. The molecule has 26 heavy (non-hydrogen) atoms. The quantitative estimate of drug-likeness (QED) is 0.724. The molecule has 3 aromatic rings. The molecule has 0 spiro atoms. The summed E-state index contributed by atoms with van der Waals surface area (Å²) in [4.78, 5) is 31.0. The van der Waals surface area contributed by atoms with Crippen LogP contribution in [0.1, 0.15) is 29.4 Å².